The molecule has 2 fully saturated rings. The van der Waals surface area contributed by atoms with E-state index in [9.17, 15) is 0 Å². The molecule has 0 amide bonds. The standard InChI is InChI=1S/C24H41N5O/c1-20(2)17-29-13-14-30-23(19-29)16-27-24(25-3)26-15-21-9-5-6-10-22(21)18-28-11-7-4-8-12-28/h5-6,9-10,20,23H,4,7-8,11-19H2,1-3H3,(H2,25,26,27). The van der Waals surface area contributed by atoms with Crippen molar-refractivity contribution in [3.8, 4) is 0 Å². The van der Waals surface area contributed by atoms with Gasteiger partial charge in [0, 0.05) is 46.3 Å². The summed E-state index contributed by atoms with van der Waals surface area (Å²) in [5, 5.41) is 6.96. The molecule has 1 unspecified atom stereocenters. The average molecular weight is 416 g/mol. The Morgan fingerprint density at radius 1 is 1.07 bits per heavy atom. The number of benzene rings is 1. The lowest BCUT2D eigenvalue weighted by Crippen LogP contribution is -2.50. The Balaban J connectivity index is 1.46. The molecule has 2 N–H and O–H groups in total. The fourth-order valence-electron chi connectivity index (χ4n) is 4.44. The first kappa shape index (κ1) is 23.0. The van der Waals surface area contributed by atoms with Crippen LogP contribution in [0.1, 0.15) is 44.2 Å². The number of likely N-dealkylation sites (tertiary alicyclic amines) is 1. The van der Waals surface area contributed by atoms with Crippen molar-refractivity contribution in [3.63, 3.8) is 0 Å². The van der Waals surface area contributed by atoms with Crippen molar-refractivity contribution in [2.75, 3.05) is 52.9 Å². The molecular weight excluding hydrogens is 374 g/mol. The summed E-state index contributed by atoms with van der Waals surface area (Å²) in [6, 6.07) is 8.78. The minimum Gasteiger partial charge on any atom is -0.374 e. The zero-order chi connectivity index (χ0) is 21.2. The van der Waals surface area contributed by atoms with Gasteiger partial charge in [-0.25, -0.2) is 0 Å². The number of rotatable bonds is 8. The second-order valence-corrected chi connectivity index (χ2v) is 9.06. The van der Waals surface area contributed by atoms with Gasteiger partial charge in [-0.15, -0.1) is 0 Å². The highest BCUT2D eigenvalue weighted by atomic mass is 16.5. The van der Waals surface area contributed by atoms with Gasteiger partial charge in [-0.2, -0.15) is 0 Å². The van der Waals surface area contributed by atoms with E-state index in [4.69, 9.17) is 4.74 Å². The van der Waals surface area contributed by atoms with Crippen LogP contribution in [-0.4, -0.2) is 74.8 Å². The van der Waals surface area contributed by atoms with Crippen molar-refractivity contribution < 1.29 is 4.74 Å². The van der Waals surface area contributed by atoms with Crippen LogP contribution in [0.5, 0.6) is 0 Å². The third-order valence-corrected chi connectivity index (χ3v) is 5.97. The quantitative estimate of drug-likeness (QED) is 0.505. The molecule has 2 saturated heterocycles. The van der Waals surface area contributed by atoms with E-state index in [0.29, 0.717) is 5.92 Å². The SMILES string of the molecule is CN=C(NCc1ccccc1CN1CCCCC1)NCC1CN(CC(C)C)CCO1. The maximum atomic E-state index is 5.96. The van der Waals surface area contributed by atoms with Gasteiger partial charge in [0.2, 0.25) is 0 Å². The van der Waals surface area contributed by atoms with Gasteiger partial charge in [0.25, 0.3) is 0 Å². The first-order valence-electron chi connectivity index (χ1n) is 11.7. The number of ether oxygens (including phenoxy) is 1. The number of hydrogen-bond acceptors (Lipinski definition) is 4. The summed E-state index contributed by atoms with van der Waals surface area (Å²) in [7, 11) is 1.84. The fraction of sp³-hybridized carbons (Fsp3) is 0.708. The van der Waals surface area contributed by atoms with E-state index in [0.717, 1.165) is 51.8 Å². The zero-order valence-electron chi connectivity index (χ0n) is 19.2. The molecule has 0 aromatic heterocycles. The van der Waals surface area contributed by atoms with Gasteiger partial charge >= 0.3 is 0 Å². The minimum atomic E-state index is 0.211. The third-order valence-electron chi connectivity index (χ3n) is 5.97. The molecule has 1 atom stereocenters. The number of hydrogen-bond donors (Lipinski definition) is 2. The van der Waals surface area contributed by atoms with E-state index < -0.39 is 0 Å². The first-order chi connectivity index (χ1) is 14.6. The normalized spacial score (nSPS) is 21.7. The summed E-state index contributed by atoms with van der Waals surface area (Å²) >= 11 is 0. The topological polar surface area (TPSA) is 52.1 Å². The summed E-state index contributed by atoms with van der Waals surface area (Å²) in [5.41, 5.74) is 2.77. The summed E-state index contributed by atoms with van der Waals surface area (Å²) in [4.78, 5) is 9.50. The van der Waals surface area contributed by atoms with E-state index >= 15 is 0 Å². The van der Waals surface area contributed by atoms with Gasteiger partial charge < -0.3 is 15.4 Å². The lowest BCUT2D eigenvalue weighted by molar-refractivity contribution is -0.0284. The van der Waals surface area contributed by atoms with Gasteiger partial charge in [0.1, 0.15) is 0 Å². The number of aliphatic imine (C=N–C) groups is 1. The second kappa shape index (κ2) is 12.3. The van der Waals surface area contributed by atoms with Crippen LogP contribution < -0.4 is 10.6 Å². The molecule has 0 radical (unpaired) electrons. The highest BCUT2D eigenvalue weighted by Crippen LogP contribution is 2.16. The average Bonchev–Trinajstić information content (AvgIpc) is 2.75. The summed E-state index contributed by atoms with van der Waals surface area (Å²) in [5.74, 6) is 1.53. The van der Waals surface area contributed by atoms with E-state index in [2.05, 4.69) is 63.5 Å². The Morgan fingerprint density at radius 3 is 2.57 bits per heavy atom. The lowest BCUT2D eigenvalue weighted by Gasteiger charge is -2.34. The van der Waals surface area contributed by atoms with Crippen LogP contribution in [0.3, 0.4) is 0 Å². The molecule has 168 valence electrons. The van der Waals surface area contributed by atoms with Crippen LogP contribution in [0.2, 0.25) is 0 Å². The highest BCUT2D eigenvalue weighted by Gasteiger charge is 2.21. The third kappa shape index (κ3) is 7.56. The zero-order valence-corrected chi connectivity index (χ0v) is 19.2. The largest absolute Gasteiger partial charge is 0.374 e. The van der Waals surface area contributed by atoms with Crippen LogP contribution >= 0.6 is 0 Å². The second-order valence-electron chi connectivity index (χ2n) is 9.06. The molecule has 0 bridgehead atoms. The Kier molecular flexibility index (Phi) is 9.43. The summed E-state index contributed by atoms with van der Waals surface area (Å²) < 4.78 is 5.96. The Morgan fingerprint density at radius 2 is 1.83 bits per heavy atom. The van der Waals surface area contributed by atoms with Crippen LogP contribution in [-0.2, 0) is 17.8 Å². The van der Waals surface area contributed by atoms with Gasteiger partial charge in [0.05, 0.1) is 12.7 Å². The number of morpholine rings is 1. The number of guanidine groups is 1. The lowest BCUT2D eigenvalue weighted by atomic mass is 10.0. The maximum Gasteiger partial charge on any atom is 0.191 e. The van der Waals surface area contributed by atoms with Gasteiger partial charge in [0.15, 0.2) is 5.96 Å². The van der Waals surface area contributed by atoms with Crippen molar-refractivity contribution in [1.29, 1.82) is 0 Å². The summed E-state index contributed by atoms with van der Waals surface area (Å²) in [6.07, 6.45) is 4.24. The summed E-state index contributed by atoms with van der Waals surface area (Å²) in [6.45, 7) is 13.6. The van der Waals surface area contributed by atoms with E-state index in [-0.39, 0.29) is 6.10 Å². The maximum absolute atomic E-state index is 5.96. The molecule has 1 aromatic rings. The molecule has 2 aliphatic heterocycles. The predicted molar refractivity (Wildman–Crippen MR) is 125 cm³/mol. The molecule has 0 spiro atoms. The molecule has 3 rings (SSSR count). The van der Waals surface area contributed by atoms with Crippen molar-refractivity contribution in [1.82, 2.24) is 20.4 Å². The van der Waals surface area contributed by atoms with Crippen molar-refractivity contribution >= 4 is 5.96 Å². The van der Waals surface area contributed by atoms with Gasteiger partial charge in [-0.3, -0.25) is 14.8 Å². The molecule has 0 saturated carbocycles. The molecular formula is C24H41N5O. The molecule has 6 heteroatoms. The van der Waals surface area contributed by atoms with E-state index in [1.807, 2.05) is 7.05 Å². The van der Waals surface area contributed by atoms with Crippen LogP contribution in [0.25, 0.3) is 0 Å². The van der Waals surface area contributed by atoms with Crippen LogP contribution in [0.15, 0.2) is 29.3 Å². The fourth-order valence-corrected chi connectivity index (χ4v) is 4.44. The number of piperidine rings is 1. The molecule has 0 aliphatic carbocycles. The Labute approximate surface area is 183 Å². The minimum absolute atomic E-state index is 0.211. The smallest absolute Gasteiger partial charge is 0.191 e. The molecule has 6 nitrogen and oxygen atoms in total. The van der Waals surface area contributed by atoms with Crippen molar-refractivity contribution in [2.24, 2.45) is 10.9 Å². The number of nitrogens with zero attached hydrogens (tertiary/aromatic N) is 3. The first-order valence-corrected chi connectivity index (χ1v) is 11.7. The number of nitrogens with one attached hydrogen (secondary N) is 2. The highest BCUT2D eigenvalue weighted by molar-refractivity contribution is 5.79. The molecule has 30 heavy (non-hydrogen) atoms. The van der Waals surface area contributed by atoms with Gasteiger partial charge in [-0.05, 0) is 43.0 Å². The van der Waals surface area contributed by atoms with Gasteiger partial charge in [-0.1, -0.05) is 44.5 Å². The van der Waals surface area contributed by atoms with E-state index in [1.54, 1.807) is 0 Å². The Hall–Kier alpha value is -1.63. The van der Waals surface area contributed by atoms with Crippen LogP contribution in [0.4, 0.5) is 0 Å². The molecule has 2 heterocycles. The van der Waals surface area contributed by atoms with Crippen molar-refractivity contribution in [2.45, 2.75) is 52.3 Å². The Bertz CT molecular complexity index is 657. The van der Waals surface area contributed by atoms with E-state index in [1.165, 1.54) is 43.5 Å². The predicted octanol–water partition coefficient (Wildman–Crippen LogP) is 2.69. The van der Waals surface area contributed by atoms with Crippen LogP contribution in [0, 0.1) is 5.92 Å². The molecule has 1 aromatic carbocycles. The van der Waals surface area contributed by atoms with Crippen molar-refractivity contribution in [3.05, 3.63) is 35.4 Å². The molecule has 2 aliphatic rings. The monoisotopic (exact) mass is 415 g/mol.